The molecule has 1 saturated carbocycles. The number of carbonyl (C=O) groups excluding carboxylic acids is 1. The number of hydrogen-bond donors (Lipinski definition) is 1. The zero-order valence-electron chi connectivity index (χ0n) is 22.7. The van der Waals surface area contributed by atoms with E-state index in [0.717, 1.165) is 58.5 Å². The first kappa shape index (κ1) is 25.1. The Morgan fingerprint density at radius 1 is 1.02 bits per heavy atom. The van der Waals surface area contributed by atoms with Crippen molar-refractivity contribution in [2.24, 2.45) is 5.92 Å². The van der Waals surface area contributed by atoms with Crippen molar-refractivity contribution in [1.82, 2.24) is 4.90 Å². The normalized spacial score (nSPS) is 21.2. The first-order valence-corrected chi connectivity index (χ1v) is 14.4. The molecule has 1 amide bonds. The zero-order chi connectivity index (χ0) is 27.4. The molecular weight excluding hydrogens is 502 g/mol. The molecule has 2 fully saturated rings. The van der Waals surface area contributed by atoms with Crippen LogP contribution in [0.25, 0.3) is 43.8 Å². The van der Waals surface area contributed by atoms with Gasteiger partial charge in [0.1, 0.15) is 11.2 Å². The third kappa shape index (κ3) is 4.22. The minimum atomic E-state index is -0.616. The molecule has 5 aromatic rings. The van der Waals surface area contributed by atoms with E-state index in [0.29, 0.717) is 42.7 Å². The van der Waals surface area contributed by atoms with Gasteiger partial charge in [-0.25, -0.2) is 4.79 Å². The Morgan fingerprint density at radius 3 is 2.75 bits per heavy atom. The van der Waals surface area contributed by atoms with Crippen LogP contribution in [0.1, 0.15) is 49.7 Å². The molecule has 3 heterocycles. The lowest BCUT2D eigenvalue weighted by atomic mass is 9.71. The number of likely N-dealkylation sites (tertiary alicyclic amines) is 1. The molecule has 2 atom stereocenters. The number of fused-ring (bicyclic) bond motifs is 4. The second-order valence-corrected chi connectivity index (χ2v) is 11.7. The molecule has 1 saturated heterocycles. The quantitative estimate of drug-likeness (QED) is 0.257. The second-order valence-electron chi connectivity index (χ2n) is 11.7. The molecule has 7 rings (SSSR count). The van der Waals surface area contributed by atoms with E-state index in [1.807, 2.05) is 30.0 Å². The van der Waals surface area contributed by atoms with Crippen molar-refractivity contribution in [1.29, 1.82) is 0 Å². The van der Waals surface area contributed by atoms with Gasteiger partial charge in [0.25, 0.3) is 0 Å². The average Bonchev–Trinajstić information content (AvgIpc) is 3.38. The van der Waals surface area contributed by atoms with Gasteiger partial charge >= 0.3 is 5.63 Å². The minimum absolute atomic E-state index is 0.0374. The lowest BCUT2D eigenvalue weighted by Gasteiger charge is -2.47. The predicted octanol–water partition coefficient (Wildman–Crippen LogP) is 6.75. The Morgan fingerprint density at radius 2 is 1.88 bits per heavy atom. The number of furan rings is 1. The van der Waals surface area contributed by atoms with Crippen molar-refractivity contribution in [2.45, 2.75) is 57.5 Å². The molecule has 3 aromatic carbocycles. The molecule has 0 radical (unpaired) electrons. The molecule has 2 aromatic heterocycles. The van der Waals surface area contributed by atoms with E-state index in [-0.39, 0.29) is 18.2 Å². The molecule has 0 spiro atoms. The van der Waals surface area contributed by atoms with Gasteiger partial charge < -0.3 is 18.8 Å². The lowest BCUT2D eigenvalue weighted by molar-refractivity contribution is -0.143. The largest absolute Gasteiger partial charge is 0.464 e. The third-order valence-electron chi connectivity index (χ3n) is 9.41. The highest BCUT2D eigenvalue weighted by Gasteiger charge is 2.43. The van der Waals surface area contributed by atoms with E-state index in [1.165, 1.54) is 5.39 Å². The summed E-state index contributed by atoms with van der Waals surface area (Å²) in [7, 11) is 0. The summed E-state index contributed by atoms with van der Waals surface area (Å²) in [6.45, 7) is 3.12. The van der Waals surface area contributed by atoms with Crippen LogP contribution in [0, 0.1) is 12.8 Å². The van der Waals surface area contributed by atoms with E-state index in [4.69, 9.17) is 8.83 Å². The number of carbonyl (C=O) groups is 1. The van der Waals surface area contributed by atoms with E-state index in [1.54, 1.807) is 12.3 Å². The predicted molar refractivity (Wildman–Crippen MR) is 156 cm³/mol. The number of aryl methyl sites for hydroxylation is 1. The molecule has 1 aliphatic heterocycles. The molecule has 1 aliphatic carbocycles. The molecule has 40 heavy (non-hydrogen) atoms. The second kappa shape index (κ2) is 9.63. The van der Waals surface area contributed by atoms with Crippen LogP contribution in [-0.4, -0.2) is 34.6 Å². The summed E-state index contributed by atoms with van der Waals surface area (Å²) in [5.74, 6) is 0.191. The molecule has 1 N–H and O–H groups in total. The Hall–Kier alpha value is -3.90. The topological polar surface area (TPSA) is 83.9 Å². The monoisotopic (exact) mass is 535 g/mol. The third-order valence-corrected chi connectivity index (χ3v) is 9.41. The Kier molecular flexibility index (Phi) is 6.04. The first-order valence-electron chi connectivity index (χ1n) is 14.4. The van der Waals surface area contributed by atoms with Crippen LogP contribution in [0.3, 0.4) is 0 Å². The fraction of sp³-hybridized carbons (Fsp3) is 0.353. The van der Waals surface area contributed by atoms with Gasteiger partial charge in [0, 0.05) is 53.4 Å². The summed E-state index contributed by atoms with van der Waals surface area (Å²) in [6, 6.07) is 18.5. The summed E-state index contributed by atoms with van der Waals surface area (Å²) in [5, 5.41) is 15.1. The smallest absolute Gasteiger partial charge is 0.339 e. The maximum absolute atomic E-state index is 13.2. The van der Waals surface area contributed by atoms with Crippen molar-refractivity contribution in [3.05, 3.63) is 82.4 Å². The summed E-state index contributed by atoms with van der Waals surface area (Å²) in [6.07, 6.45) is 6.95. The van der Waals surface area contributed by atoms with Crippen LogP contribution in [-0.2, 0) is 11.2 Å². The van der Waals surface area contributed by atoms with Gasteiger partial charge in [0.05, 0.1) is 11.9 Å². The molecule has 2 aliphatic rings. The van der Waals surface area contributed by atoms with Crippen molar-refractivity contribution in [3.8, 4) is 11.1 Å². The number of nitrogens with zero attached hydrogens (tertiary/aromatic N) is 1. The molecule has 204 valence electrons. The number of aliphatic hydroxyl groups is 1. The number of benzene rings is 3. The summed E-state index contributed by atoms with van der Waals surface area (Å²) in [5.41, 5.74) is 3.55. The number of rotatable bonds is 4. The maximum atomic E-state index is 13.2. The Balaban J connectivity index is 1.17. The Bertz CT molecular complexity index is 1830. The van der Waals surface area contributed by atoms with Gasteiger partial charge in [-0.3, -0.25) is 4.79 Å². The highest BCUT2D eigenvalue weighted by atomic mass is 16.4. The lowest BCUT2D eigenvalue weighted by Crippen LogP contribution is -2.54. The van der Waals surface area contributed by atoms with Crippen molar-refractivity contribution >= 4 is 38.6 Å². The van der Waals surface area contributed by atoms with Crippen LogP contribution < -0.4 is 5.63 Å². The van der Waals surface area contributed by atoms with E-state index in [2.05, 4.69) is 30.3 Å². The van der Waals surface area contributed by atoms with Gasteiger partial charge in [-0.2, -0.15) is 0 Å². The molecule has 0 bridgehead atoms. The number of piperidine rings is 1. The molecule has 0 unspecified atom stereocenters. The SMILES string of the molecule is Cc1c(CCC(=O)N2CC[C@@]3(O)CCCC[C@H]3C2)c(=O)oc2cc3occ(-c4ccc5ccccc5c4)c3cc12. The van der Waals surface area contributed by atoms with Gasteiger partial charge in [0.15, 0.2) is 0 Å². The molecule has 6 nitrogen and oxygen atoms in total. The van der Waals surface area contributed by atoms with Gasteiger partial charge in [-0.15, -0.1) is 0 Å². The average molecular weight is 536 g/mol. The van der Waals surface area contributed by atoms with Gasteiger partial charge in [0.2, 0.25) is 5.91 Å². The van der Waals surface area contributed by atoms with Crippen LogP contribution >= 0.6 is 0 Å². The Labute approximate surface area is 232 Å². The van der Waals surface area contributed by atoms with E-state index >= 15 is 0 Å². The van der Waals surface area contributed by atoms with Crippen LogP contribution in [0.4, 0.5) is 0 Å². The fourth-order valence-corrected chi connectivity index (χ4v) is 6.97. The summed E-state index contributed by atoms with van der Waals surface area (Å²) in [4.78, 5) is 28.1. The minimum Gasteiger partial charge on any atom is -0.464 e. The standard InChI is InChI=1S/C34H33NO5/c1-21-26(11-12-32(36)35-15-14-34(38)13-5-4-8-25(34)19-35)33(37)40-31-18-30-28(17-27(21)31)29(20-39-30)24-10-9-22-6-2-3-7-23(22)16-24/h2-3,6-7,9-10,16-18,20,25,38H,4-5,8,11-15,19H2,1H3/t25-,34-/m0/s1. The van der Waals surface area contributed by atoms with Crippen molar-refractivity contribution < 1.29 is 18.7 Å². The van der Waals surface area contributed by atoms with Gasteiger partial charge in [-0.1, -0.05) is 49.2 Å². The molecule has 6 heteroatoms. The van der Waals surface area contributed by atoms with Crippen molar-refractivity contribution in [2.75, 3.05) is 13.1 Å². The highest BCUT2D eigenvalue weighted by Crippen LogP contribution is 2.40. The van der Waals surface area contributed by atoms with Crippen molar-refractivity contribution in [3.63, 3.8) is 0 Å². The summed E-state index contributed by atoms with van der Waals surface area (Å²) >= 11 is 0. The summed E-state index contributed by atoms with van der Waals surface area (Å²) < 4.78 is 11.6. The first-order chi connectivity index (χ1) is 19.4. The van der Waals surface area contributed by atoms with Crippen LogP contribution in [0.2, 0.25) is 0 Å². The van der Waals surface area contributed by atoms with Gasteiger partial charge in [-0.05, 0) is 66.6 Å². The number of hydrogen-bond acceptors (Lipinski definition) is 5. The highest BCUT2D eigenvalue weighted by molar-refractivity contribution is 6.03. The van der Waals surface area contributed by atoms with E-state index in [9.17, 15) is 14.7 Å². The number of amides is 1. The maximum Gasteiger partial charge on any atom is 0.339 e. The molecular formula is C34H33NO5. The van der Waals surface area contributed by atoms with Crippen LogP contribution in [0.15, 0.2) is 74.5 Å². The zero-order valence-corrected chi connectivity index (χ0v) is 22.7. The van der Waals surface area contributed by atoms with E-state index < -0.39 is 11.2 Å². The fourth-order valence-electron chi connectivity index (χ4n) is 6.97. The van der Waals surface area contributed by atoms with Crippen LogP contribution in [0.5, 0.6) is 0 Å².